The van der Waals surface area contributed by atoms with Crippen molar-refractivity contribution in [3.05, 3.63) is 33.4 Å². The number of fused-ring (bicyclic) bond motifs is 2. The van der Waals surface area contributed by atoms with Gasteiger partial charge in [-0.05, 0) is 60.2 Å². The molecule has 1 aliphatic carbocycles. The summed E-state index contributed by atoms with van der Waals surface area (Å²) in [6.45, 7) is 2.62. The molecule has 2 aromatic rings. The minimum Gasteiger partial charge on any atom is -0.384 e. The monoisotopic (exact) mass is 340 g/mol. The molecule has 1 aliphatic rings. The minimum absolute atomic E-state index is 0.127. The van der Waals surface area contributed by atoms with Crippen molar-refractivity contribution in [3.63, 3.8) is 0 Å². The molecule has 2 nitrogen and oxygen atoms in total. The Bertz CT molecular complexity index is 686. The highest BCUT2D eigenvalue weighted by Crippen LogP contribution is 2.37. The van der Waals surface area contributed by atoms with E-state index in [1.807, 2.05) is 6.92 Å². The molecule has 0 saturated heterocycles. The highest BCUT2D eigenvalue weighted by atomic mass is 79.9. The van der Waals surface area contributed by atoms with Gasteiger partial charge in [0, 0.05) is 12.2 Å². The minimum atomic E-state index is -0.485. The molecule has 20 heavy (non-hydrogen) atoms. The quantitative estimate of drug-likeness (QED) is 0.809. The van der Waals surface area contributed by atoms with Crippen molar-refractivity contribution in [1.82, 2.24) is 4.98 Å². The standard InChI is InChI=1S/C15H15BrF2N2/c1-2-19-14-8-5-3-4-6-11(8)20-15-10(17)7-9(16)13(18)12(14)15/h7H,2-6H2,1H3,(H,19,20). The van der Waals surface area contributed by atoms with E-state index in [2.05, 4.69) is 26.2 Å². The molecule has 106 valence electrons. The Labute approximate surface area is 124 Å². The van der Waals surface area contributed by atoms with Gasteiger partial charge in [0.25, 0.3) is 0 Å². The molecule has 0 spiro atoms. The van der Waals surface area contributed by atoms with Gasteiger partial charge >= 0.3 is 0 Å². The lowest BCUT2D eigenvalue weighted by Gasteiger charge is -2.22. The van der Waals surface area contributed by atoms with E-state index < -0.39 is 11.6 Å². The predicted octanol–water partition coefficient (Wildman–Crippen LogP) is 4.59. The Morgan fingerprint density at radius 3 is 2.80 bits per heavy atom. The molecule has 0 saturated carbocycles. The Morgan fingerprint density at radius 1 is 1.30 bits per heavy atom. The Kier molecular flexibility index (Phi) is 3.63. The fraction of sp³-hybridized carbons (Fsp3) is 0.400. The molecule has 5 heteroatoms. The number of hydrogen-bond donors (Lipinski definition) is 1. The maximum Gasteiger partial charge on any atom is 0.150 e. The summed E-state index contributed by atoms with van der Waals surface area (Å²) >= 11 is 3.08. The SMILES string of the molecule is CCNc1c2c(nc3c(F)cc(Br)c(F)c13)CCCC2. The van der Waals surface area contributed by atoms with Crippen LogP contribution in [0.4, 0.5) is 14.5 Å². The number of pyridine rings is 1. The third-order valence-electron chi connectivity index (χ3n) is 3.74. The molecule has 0 unspecified atom stereocenters. The zero-order valence-corrected chi connectivity index (χ0v) is 12.8. The van der Waals surface area contributed by atoms with Crippen molar-refractivity contribution in [3.8, 4) is 0 Å². The molecule has 1 N–H and O–H groups in total. The molecule has 0 amide bonds. The van der Waals surface area contributed by atoms with Crippen LogP contribution in [0.5, 0.6) is 0 Å². The fourth-order valence-electron chi connectivity index (χ4n) is 2.86. The summed E-state index contributed by atoms with van der Waals surface area (Å²) in [4.78, 5) is 4.38. The van der Waals surface area contributed by atoms with E-state index in [9.17, 15) is 8.78 Å². The van der Waals surface area contributed by atoms with E-state index in [1.54, 1.807) is 0 Å². The molecule has 1 aromatic heterocycles. The summed E-state index contributed by atoms with van der Waals surface area (Å²) in [7, 11) is 0. The summed E-state index contributed by atoms with van der Waals surface area (Å²) < 4.78 is 28.7. The van der Waals surface area contributed by atoms with Gasteiger partial charge in [-0.25, -0.2) is 13.8 Å². The van der Waals surface area contributed by atoms with Crippen LogP contribution in [-0.2, 0) is 12.8 Å². The maximum atomic E-state index is 14.4. The molecular weight excluding hydrogens is 326 g/mol. The summed E-state index contributed by atoms with van der Waals surface area (Å²) in [6, 6.07) is 1.15. The van der Waals surface area contributed by atoms with E-state index in [1.165, 1.54) is 0 Å². The number of anilines is 1. The van der Waals surface area contributed by atoms with Gasteiger partial charge in [-0.2, -0.15) is 0 Å². The van der Waals surface area contributed by atoms with Crippen molar-refractivity contribution < 1.29 is 8.78 Å². The first kappa shape index (κ1) is 13.7. The van der Waals surface area contributed by atoms with Crippen molar-refractivity contribution in [2.75, 3.05) is 11.9 Å². The van der Waals surface area contributed by atoms with Gasteiger partial charge in [0.05, 0.1) is 15.5 Å². The van der Waals surface area contributed by atoms with Crippen molar-refractivity contribution in [2.45, 2.75) is 32.6 Å². The van der Waals surface area contributed by atoms with Crippen LogP contribution < -0.4 is 5.32 Å². The van der Waals surface area contributed by atoms with E-state index in [0.29, 0.717) is 12.2 Å². The second kappa shape index (κ2) is 5.28. The first-order chi connectivity index (χ1) is 9.63. The Morgan fingerprint density at radius 2 is 2.05 bits per heavy atom. The lowest BCUT2D eigenvalue weighted by Crippen LogP contribution is -2.12. The van der Waals surface area contributed by atoms with Crippen LogP contribution in [0.1, 0.15) is 31.0 Å². The first-order valence-electron chi connectivity index (χ1n) is 6.86. The fourth-order valence-corrected chi connectivity index (χ4v) is 3.26. The third-order valence-corrected chi connectivity index (χ3v) is 4.31. The highest BCUT2D eigenvalue weighted by molar-refractivity contribution is 9.10. The van der Waals surface area contributed by atoms with E-state index in [-0.39, 0.29) is 15.4 Å². The average Bonchev–Trinajstić information content (AvgIpc) is 2.45. The zero-order valence-electron chi connectivity index (χ0n) is 11.2. The number of rotatable bonds is 2. The number of hydrogen-bond acceptors (Lipinski definition) is 2. The maximum absolute atomic E-state index is 14.4. The van der Waals surface area contributed by atoms with E-state index in [0.717, 1.165) is 43.0 Å². The van der Waals surface area contributed by atoms with Crippen LogP contribution in [0.3, 0.4) is 0 Å². The molecule has 0 bridgehead atoms. The summed E-state index contributed by atoms with van der Waals surface area (Å²) in [5.41, 5.74) is 2.79. The molecule has 0 fully saturated rings. The summed E-state index contributed by atoms with van der Waals surface area (Å²) in [5, 5.41) is 3.47. The largest absolute Gasteiger partial charge is 0.384 e. The molecule has 0 radical (unpaired) electrons. The number of aryl methyl sites for hydroxylation is 1. The van der Waals surface area contributed by atoms with Crippen molar-refractivity contribution in [1.29, 1.82) is 0 Å². The van der Waals surface area contributed by atoms with E-state index >= 15 is 0 Å². The lowest BCUT2D eigenvalue weighted by atomic mass is 9.92. The van der Waals surface area contributed by atoms with Gasteiger partial charge in [-0.15, -0.1) is 0 Å². The second-order valence-electron chi connectivity index (χ2n) is 5.03. The molecule has 1 heterocycles. The number of halogens is 3. The van der Waals surface area contributed by atoms with Gasteiger partial charge in [0.1, 0.15) is 11.3 Å². The van der Waals surface area contributed by atoms with Gasteiger partial charge in [0.15, 0.2) is 5.82 Å². The van der Waals surface area contributed by atoms with Crippen molar-refractivity contribution >= 4 is 32.5 Å². The smallest absolute Gasteiger partial charge is 0.150 e. The van der Waals surface area contributed by atoms with Crippen LogP contribution >= 0.6 is 15.9 Å². The van der Waals surface area contributed by atoms with Crippen LogP contribution in [0, 0.1) is 11.6 Å². The lowest BCUT2D eigenvalue weighted by molar-refractivity contribution is 0.606. The van der Waals surface area contributed by atoms with Crippen LogP contribution in [0.15, 0.2) is 10.5 Å². The molecule has 0 atom stereocenters. The van der Waals surface area contributed by atoms with Gasteiger partial charge < -0.3 is 5.32 Å². The van der Waals surface area contributed by atoms with Gasteiger partial charge in [0.2, 0.25) is 0 Å². The van der Waals surface area contributed by atoms with Gasteiger partial charge in [-0.1, -0.05) is 0 Å². The summed E-state index contributed by atoms with van der Waals surface area (Å²) in [5.74, 6) is -0.931. The number of aromatic nitrogens is 1. The molecule has 0 aliphatic heterocycles. The summed E-state index contributed by atoms with van der Waals surface area (Å²) in [6.07, 6.45) is 3.82. The second-order valence-corrected chi connectivity index (χ2v) is 5.88. The van der Waals surface area contributed by atoms with Gasteiger partial charge in [-0.3, -0.25) is 0 Å². The topological polar surface area (TPSA) is 24.9 Å². The number of nitrogens with zero attached hydrogens (tertiary/aromatic N) is 1. The number of benzene rings is 1. The van der Waals surface area contributed by atoms with Crippen molar-refractivity contribution in [2.24, 2.45) is 0 Å². The molecule has 3 rings (SSSR count). The molecular formula is C15H15BrF2N2. The Hall–Kier alpha value is -1.23. The number of nitrogens with one attached hydrogen (secondary N) is 1. The average molecular weight is 341 g/mol. The molecule has 1 aromatic carbocycles. The van der Waals surface area contributed by atoms with E-state index in [4.69, 9.17) is 0 Å². The van der Waals surface area contributed by atoms with Crippen LogP contribution in [-0.4, -0.2) is 11.5 Å². The Balaban J connectivity index is 2.42. The van der Waals surface area contributed by atoms with Crippen LogP contribution in [0.2, 0.25) is 0 Å². The predicted molar refractivity (Wildman–Crippen MR) is 80.2 cm³/mol. The normalized spacial score (nSPS) is 14.4. The first-order valence-corrected chi connectivity index (χ1v) is 7.65. The van der Waals surface area contributed by atoms with Crippen LogP contribution in [0.25, 0.3) is 10.9 Å². The third kappa shape index (κ3) is 2.08. The highest BCUT2D eigenvalue weighted by Gasteiger charge is 2.23. The zero-order chi connectivity index (χ0) is 14.3.